The molecule has 0 fully saturated rings. The fourth-order valence-electron chi connectivity index (χ4n) is 2.45. The molecule has 1 aromatic carbocycles. The molecular weight excluding hydrogens is 382 g/mol. The van der Waals surface area contributed by atoms with Crippen LogP contribution in [0.25, 0.3) is 0 Å². The first kappa shape index (κ1) is 21.5. The van der Waals surface area contributed by atoms with E-state index in [0.29, 0.717) is 17.5 Å². The minimum Gasteiger partial charge on any atom is -0.461 e. The topological polar surface area (TPSA) is 103 Å². The van der Waals surface area contributed by atoms with Crippen LogP contribution in [-0.4, -0.2) is 39.8 Å². The molecule has 0 saturated heterocycles. The highest BCUT2D eigenvalue weighted by Gasteiger charge is 2.21. The SMILES string of the molecule is CCOC(=O)c1csc(CN(CCC(C)C)C(=O)c2cccc([N+](=O)[O-])c2)n1. The van der Waals surface area contributed by atoms with E-state index in [2.05, 4.69) is 18.8 Å². The van der Waals surface area contributed by atoms with Crippen LogP contribution in [0.5, 0.6) is 0 Å². The molecule has 0 aliphatic rings. The van der Waals surface area contributed by atoms with Gasteiger partial charge in [0.2, 0.25) is 0 Å². The first-order valence-electron chi connectivity index (χ1n) is 8.97. The molecule has 8 nitrogen and oxygen atoms in total. The molecule has 1 heterocycles. The van der Waals surface area contributed by atoms with Crippen LogP contribution in [0.1, 0.15) is 53.0 Å². The molecular formula is C19H23N3O5S. The molecule has 0 radical (unpaired) electrons. The van der Waals surface area contributed by atoms with Gasteiger partial charge in [0.15, 0.2) is 5.69 Å². The highest BCUT2D eigenvalue weighted by atomic mass is 32.1. The third-order valence-corrected chi connectivity index (χ3v) is 4.76. The highest BCUT2D eigenvalue weighted by Crippen LogP contribution is 2.19. The van der Waals surface area contributed by atoms with Crippen LogP contribution in [0, 0.1) is 16.0 Å². The molecule has 1 amide bonds. The molecule has 0 atom stereocenters. The van der Waals surface area contributed by atoms with Gasteiger partial charge >= 0.3 is 5.97 Å². The van der Waals surface area contributed by atoms with Crippen molar-refractivity contribution >= 4 is 28.9 Å². The molecule has 150 valence electrons. The van der Waals surface area contributed by atoms with Crippen molar-refractivity contribution in [2.75, 3.05) is 13.2 Å². The Balaban J connectivity index is 2.22. The van der Waals surface area contributed by atoms with Crippen molar-refractivity contribution in [2.45, 2.75) is 33.7 Å². The fraction of sp³-hybridized carbons (Fsp3) is 0.421. The summed E-state index contributed by atoms with van der Waals surface area (Å²) in [6, 6.07) is 5.68. The van der Waals surface area contributed by atoms with Gasteiger partial charge in [-0.3, -0.25) is 14.9 Å². The number of aromatic nitrogens is 1. The second-order valence-corrected chi connectivity index (χ2v) is 7.51. The summed E-state index contributed by atoms with van der Waals surface area (Å²) in [5.74, 6) is -0.423. The first-order chi connectivity index (χ1) is 13.3. The van der Waals surface area contributed by atoms with Crippen molar-refractivity contribution in [1.29, 1.82) is 0 Å². The van der Waals surface area contributed by atoms with Crippen LogP contribution in [0.3, 0.4) is 0 Å². The maximum Gasteiger partial charge on any atom is 0.357 e. The Morgan fingerprint density at radius 3 is 2.75 bits per heavy atom. The summed E-state index contributed by atoms with van der Waals surface area (Å²) < 4.78 is 4.94. The summed E-state index contributed by atoms with van der Waals surface area (Å²) in [5, 5.41) is 13.2. The van der Waals surface area contributed by atoms with Crippen LogP contribution in [0.2, 0.25) is 0 Å². The summed E-state index contributed by atoms with van der Waals surface area (Å²) in [6.07, 6.45) is 0.775. The van der Waals surface area contributed by atoms with E-state index in [9.17, 15) is 19.7 Å². The Labute approximate surface area is 167 Å². The van der Waals surface area contributed by atoms with Gasteiger partial charge in [-0.1, -0.05) is 19.9 Å². The van der Waals surface area contributed by atoms with Gasteiger partial charge in [0.1, 0.15) is 5.01 Å². The number of hydrogen-bond acceptors (Lipinski definition) is 7. The monoisotopic (exact) mass is 405 g/mol. The van der Waals surface area contributed by atoms with Gasteiger partial charge in [0.05, 0.1) is 18.1 Å². The Kier molecular flexibility index (Phi) is 7.62. The van der Waals surface area contributed by atoms with Gasteiger partial charge in [-0.25, -0.2) is 9.78 Å². The number of ether oxygens (including phenoxy) is 1. The van der Waals surface area contributed by atoms with Crippen LogP contribution >= 0.6 is 11.3 Å². The van der Waals surface area contributed by atoms with Gasteiger partial charge in [-0.15, -0.1) is 11.3 Å². The van der Waals surface area contributed by atoms with Crippen LogP contribution in [-0.2, 0) is 11.3 Å². The molecule has 0 saturated carbocycles. The van der Waals surface area contributed by atoms with Crippen molar-refractivity contribution in [3.8, 4) is 0 Å². The van der Waals surface area contributed by atoms with Gasteiger partial charge in [0.25, 0.3) is 11.6 Å². The number of nitrogens with zero attached hydrogens (tertiary/aromatic N) is 3. The Morgan fingerprint density at radius 2 is 2.11 bits per heavy atom. The average molecular weight is 405 g/mol. The maximum absolute atomic E-state index is 13.0. The van der Waals surface area contributed by atoms with Crippen molar-refractivity contribution in [1.82, 2.24) is 9.88 Å². The Morgan fingerprint density at radius 1 is 1.36 bits per heavy atom. The number of nitro benzene ring substituents is 1. The largest absolute Gasteiger partial charge is 0.461 e. The van der Waals surface area contributed by atoms with Crippen LogP contribution < -0.4 is 0 Å². The highest BCUT2D eigenvalue weighted by molar-refractivity contribution is 7.09. The number of esters is 1. The summed E-state index contributed by atoms with van der Waals surface area (Å²) >= 11 is 1.27. The standard InChI is InChI=1S/C19H23N3O5S/c1-4-27-19(24)16-12-28-17(20-16)11-21(9-8-13(2)3)18(23)14-6-5-7-15(10-14)22(25)26/h5-7,10,12-13H,4,8-9,11H2,1-3H3. The number of nitro groups is 1. The van der Waals surface area contributed by atoms with Crippen molar-refractivity contribution in [3.05, 3.63) is 56.0 Å². The fourth-order valence-corrected chi connectivity index (χ4v) is 3.23. The molecule has 9 heteroatoms. The molecule has 0 N–H and O–H groups in total. The van der Waals surface area contributed by atoms with Crippen LogP contribution in [0.4, 0.5) is 5.69 Å². The van der Waals surface area contributed by atoms with E-state index in [-0.39, 0.29) is 36.0 Å². The number of hydrogen-bond donors (Lipinski definition) is 0. The normalized spacial score (nSPS) is 10.7. The molecule has 28 heavy (non-hydrogen) atoms. The lowest BCUT2D eigenvalue weighted by Crippen LogP contribution is -2.32. The van der Waals surface area contributed by atoms with Gasteiger partial charge in [-0.2, -0.15) is 0 Å². The van der Waals surface area contributed by atoms with E-state index in [1.165, 1.54) is 29.5 Å². The van der Waals surface area contributed by atoms with Crippen molar-refractivity contribution in [2.24, 2.45) is 5.92 Å². The number of carbonyl (C=O) groups excluding carboxylic acids is 2. The lowest BCUT2D eigenvalue weighted by molar-refractivity contribution is -0.384. The van der Waals surface area contributed by atoms with E-state index in [1.807, 2.05) is 0 Å². The lowest BCUT2D eigenvalue weighted by Gasteiger charge is -2.22. The van der Waals surface area contributed by atoms with Crippen LogP contribution in [0.15, 0.2) is 29.6 Å². The van der Waals surface area contributed by atoms with Gasteiger partial charge < -0.3 is 9.64 Å². The van der Waals surface area contributed by atoms with Crippen molar-refractivity contribution in [3.63, 3.8) is 0 Å². The molecule has 0 aliphatic carbocycles. The number of carbonyl (C=O) groups is 2. The summed E-state index contributed by atoms with van der Waals surface area (Å²) in [4.78, 5) is 41.1. The van der Waals surface area contributed by atoms with Crippen molar-refractivity contribution < 1.29 is 19.2 Å². The van der Waals surface area contributed by atoms with E-state index in [1.54, 1.807) is 23.3 Å². The quantitative estimate of drug-likeness (QED) is 0.356. The minimum absolute atomic E-state index is 0.131. The third kappa shape index (κ3) is 5.85. The molecule has 2 rings (SSSR count). The lowest BCUT2D eigenvalue weighted by atomic mass is 10.1. The van der Waals surface area contributed by atoms with Gasteiger partial charge in [-0.05, 0) is 25.3 Å². The molecule has 0 bridgehead atoms. The molecule has 2 aromatic rings. The molecule has 0 aliphatic heterocycles. The maximum atomic E-state index is 13.0. The Bertz CT molecular complexity index is 850. The van der Waals surface area contributed by atoms with E-state index in [4.69, 9.17) is 4.74 Å². The number of thiazole rings is 1. The Hall–Kier alpha value is -2.81. The van der Waals surface area contributed by atoms with E-state index < -0.39 is 10.9 Å². The number of amides is 1. The minimum atomic E-state index is -0.526. The van der Waals surface area contributed by atoms with Gasteiger partial charge in [0, 0.05) is 29.6 Å². The second-order valence-electron chi connectivity index (χ2n) is 6.56. The molecule has 1 aromatic heterocycles. The number of rotatable bonds is 9. The van der Waals surface area contributed by atoms with E-state index >= 15 is 0 Å². The zero-order chi connectivity index (χ0) is 20.7. The summed E-state index contributed by atoms with van der Waals surface area (Å²) in [6.45, 7) is 6.79. The predicted octanol–water partition coefficient (Wildman–Crippen LogP) is 3.92. The zero-order valence-electron chi connectivity index (χ0n) is 16.1. The predicted molar refractivity (Wildman–Crippen MR) is 105 cm³/mol. The average Bonchev–Trinajstić information content (AvgIpc) is 3.13. The zero-order valence-corrected chi connectivity index (χ0v) is 16.9. The number of non-ortho nitro benzene ring substituents is 1. The van der Waals surface area contributed by atoms with E-state index in [0.717, 1.165) is 6.42 Å². The third-order valence-electron chi connectivity index (χ3n) is 3.93. The second kappa shape index (κ2) is 9.93. The molecule has 0 unspecified atom stereocenters. The summed E-state index contributed by atoms with van der Waals surface area (Å²) in [5.41, 5.74) is 0.335. The summed E-state index contributed by atoms with van der Waals surface area (Å²) in [7, 11) is 0. The first-order valence-corrected chi connectivity index (χ1v) is 9.85. The smallest absolute Gasteiger partial charge is 0.357 e. The molecule has 0 spiro atoms. The number of benzene rings is 1.